The highest BCUT2D eigenvalue weighted by Gasteiger charge is 2.01. The summed E-state index contributed by atoms with van der Waals surface area (Å²) in [5, 5.41) is 8.70. The average Bonchev–Trinajstić information content (AvgIpc) is 2.06. The first-order valence-electron chi connectivity index (χ1n) is 3.63. The molecule has 0 amide bonds. The van der Waals surface area contributed by atoms with E-state index in [1.165, 1.54) is 6.07 Å². The lowest BCUT2D eigenvalue weighted by atomic mass is 10.3. The standard InChI is InChI=1S/C8H10INO2/c1-6-7(9)2-3-8(12)10(6)4-5-11/h2-3,11H,4-5H2,1H3. The SMILES string of the molecule is Cc1c(I)ccc(=O)n1CCO. The molecule has 0 saturated heterocycles. The molecule has 0 saturated carbocycles. The quantitative estimate of drug-likeness (QED) is 0.812. The fraction of sp³-hybridized carbons (Fsp3) is 0.375. The normalized spacial score (nSPS) is 10.2. The summed E-state index contributed by atoms with van der Waals surface area (Å²) in [4.78, 5) is 11.2. The summed E-state index contributed by atoms with van der Waals surface area (Å²) in [6.07, 6.45) is 0. The number of pyridine rings is 1. The predicted octanol–water partition coefficient (Wildman–Crippen LogP) is 0.754. The summed E-state index contributed by atoms with van der Waals surface area (Å²) >= 11 is 2.16. The van der Waals surface area contributed by atoms with Gasteiger partial charge < -0.3 is 9.67 Å². The molecule has 0 aliphatic heterocycles. The maximum atomic E-state index is 11.2. The first-order valence-corrected chi connectivity index (χ1v) is 4.71. The molecule has 1 aromatic heterocycles. The summed E-state index contributed by atoms with van der Waals surface area (Å²) < 4.78 is 2.61. The van der Waals surface area contributed by atoms with Gasteiger partial charge in [-0.1, -0.05) is 0 Å². The largest absolute Gasteiger partial charge is 0.395 e. The molecule has 0 bridgehead atoms. The van der Waals surface area contributed by atoms with Crippen molar-refractivity contribution in [3.63, 3.8) is 0 Å². The zero-order valence-electron chi connectivity index (χ0n) is 6.75. The van der Waals surface area contributed by atoms with E-state index in [1.54, 1.807) is 10.6 Å². The van der Waals surface area contributed by atoms with E-state index in [9.17, 15) is 4.79 Å². The number of halogens is 1. The number of nitrogens with zero attached hydrogens (tertiary/aromatic N) is 1. The number of aliphatic hydroxyl groups excluding tert-OH is 1. The maximum absolute atomic E-state index is 11.2. The fourth-order valence-electron chi connectivity index (χ4n) is 1.03. The maximum Gasteiger partial charge on any atom is 0.250 e. The second-order valence-electron chi connectivity index (χ2n) is 2.48. The molecule has 0 atom stereocenters. The molecule has 0 aliphatic carbocycles. The first-order chi connectivity index (χ1) is 5.66. The van der Waals surface area contributed by atoms with E-state index in [0.717, 1.165) is 9.26 Å². The lowest BCUT2D eigenvalue weighted by Gasteiger charge is -2.08. The Morgan fingerprint density at radius 3 is 2.83 bits per heavy atom. The first kappa shape index (κ1) is 9.73. The van der Waals surface area contributed by atoms with E-state index >= 15 is 0 Å². The fourth-order valence-corrected chi connectivity index (χ4v) is 1.50. The molecule has 0 fully saturated rings. The molecule has 66 valence electrons. The Labute approximate surface area is 84.2 Å². The molecule has 0 radical (unpaired) electrons. The Morgan fingerprint density at radius 2 is 2.25 bits per heavy atom. The van der Waals surface area contributed by atoms with Gasteiger partial charge in [-0.25, -0.2) is 0 Å². The van der Waals surface area contributed by atoms with Crippen LogP contribution in [0.4, 0.5) is 0 Å². The molecule has 0 aliphatic rings. The van der Waals surface area contributed by atoms with E-state index < -0.39 is 0 Å². The van der Waals surface area contributed by atoms with Crippen molar-refractivity contribution in [2.75, 3.05) is 6.61 Å². The molecular formula is C8H10INO2. The van der Waals surface area contributed by atoms with Gasteiger partial charge in [-0.3, -0.25) is 4.79 Å². The third-order valence-electron chi connectivity index (χ3n) is 1.71. The van der Waals surface area contributed by atoms with Crippen LogP contribution >= 0.6 is 22.6 Å². The average molecular weight is 279 g/mol. The van der Waals surface area contributed by atoms with Gasteiger partial charge in [0.25, 0.3) is 5.56 Å². The molecule has 1 heterocycles. The molecule has 3 nitrogen and oxygen atoms in total. The van der Waals surface area contributed by atoms with Crippen molar-refractivity contribution in [3.05, 3.63) is 31.8 Å². The minimum absolute atomic E-state index is 0.000833. The van der Waals surface area contributed by atoms with Crippen LogP contribution in [0.1, 0.15) is 5.69 Å². The van der Waals surface area contributed by atoms with Crippen molar-refractivity contribution in [2.45, 2.75) is 13.5 Å². The van der Waals surface area contributed by atoms with Crippen LogP contribution in [0.5, 0.6) is 0 Å². The van der Waals surface area contributed by atoms with Gasteiger partial charge in [0.1, 0.15) is 0 Å². The van der Waals surface area contributed by atoms with Crippen molar-refractivity contribution in [1.82, 2.24) is 4.57 Å². The van der Waals surface area contributed by atoms with Gasteiger partial charge >= 0.3 is 0 Å². The Hall–Kier alpha value is -0.360. The minimum atomic E-state index is -0.0537. The molecule has 0 aromatic carbocycles. The molecule has 1 N–H and O–H groups in total. The zero-order chi connectivity index (χ0) is 9.14. The molecule has 4 heteroatoms. The highest BCUT2D eigenvalue weighted by Crippen LogP contribution is 2.07. The topological polar surface area (TPSA) is 42.2 Å². The summed E-state index contributed by atoms with van der Waals surface area (Å²) in [7, 11) is 0. The van der Waals surface area contributed by atoms with Crippen LogP contribution in [-0.4, -0.2) is 16.3 Å². The van der Waals surface area contributed by atoms with Gasteiger partial charge in [-0.2, -0.15) is 0 Å². The number of aromatic nitrogens is 1. The van der Waals surface area contributed by atoms with Crippen molar-refractivity contribution in [3.8, 4) is 0 Å². The Bertz CT molecular complexity index is 332. The van der Waals surface area contributed by atoms with Crippen molar-refractivity contribution >= 4 is 22.6 Å². The Balaban J connectivity index is 3.23. The van der Waals surface area contributed by atoms with Gasteiger partial charge in [0.05, 0.1) is 6.61 Å². The van der Waals surface area contributed by atoms with Crippen molar-refractivity contribution in [2.24, 2.45) is 0 Å². The summed E-state index contributed by atoms with van der Waals surface area (Å²) in [5.74, 6) is 0. The molecule has 1 aromatic rings. The smallest absolute Gasteiger partial charge is 0.250 e. The summed E-state index contributed by atoms with van der Waals surface area (Å²) in [6.45, 7) is 2.25. The Morgan fingerprint density at radius 1 is 1.58 bits per heavy atom. The van der Waals surface area contributed by atoms with Gasteiger partial charge in [-0.15, -0.1) is 0 Å². The monoisotopic (exact) mass is 279 g/mol. The number of hydrogen-bond acceptors (Lipinski definition) is 2. The van der Waals surface area contributed by atoms with Crippen LogP contribution in [0.15, 0.2) is 16.9 Å². The minimum Gasteiger partial charge on any atom is -0.395 e. The third-order valence-corrected chi connectivity index (χ3v) is 2.85. The van der Waals surface area contributed by atoms with E-state index in [1.807, 2.05) is 6.92 Å². The highest BCUT2D eigenvalue weighted by molar-refractivity contribution is 14.1. The second-order valence-corrected chi connectivity index (χ2v) is 3.64. The lowest BCUT2D eigenvalue weighted by molar-refractivity contribution is 0.273. The lowest BCUT2D eigenvalue weighted by Crippen LogP contribution is -2.23. The molecule has 0 unspecified atom stereocenters. The van der Waals surface area contributed by atoms with Gasteiger partial charge in [0, 0.05) is 21.9 Å². The number of rotatable bonds is 2. The van der Waals surface area contributed by atoms with E-state index in [2.05, 4.69) is 22.6 Å². The second kappa shape index (κ2) is 4.04. The van der Waals surface area contributed by atoms with E-state index in [0.29, 0.717) is 6.54 Å². The number of aliphatic hydroxyl groups is 1. The molecule has 0 spiro atoms. The zero-order valence-corrected chi connectivity index (χ0v) is 8.91. The van der Waals surface area contributed by atoms with Gasteiger partial charge in [-0.05, 0) is 35.6 Å². The van der Waals surface area contributed by atoms with Crippen LogP contribution in [0.2, 0.25) is 0 Å². The van der Waals surface area contributed by atoms with Crippen LogP contribution in [0.25, 0.3) is 0 Å². The van der Waals surface area contributed by atoms with E-state index in [4.69, 9.17) is 5.11 Å². The van der Waals surface area contributed by atoms with Crippen LogP contribution in [0, 0.1) is 10.5 Å². The third kappa shape index (κ3) is 1.87. The van der Waals surface area contributed by atoms with E-state index in [-0.39, 0.29) is 12.2 Å². The van der Waals surface area contributed by atoms with Gasteiger partial charge in [0.2, 0.25) is 0 Å². The molecular weight excluding hydrogens is 269 g/mol. The predicted molar refractivity (Wildman–Crippen MR) is 55.2 cm³/mol. The summed E-state index contributed by atoms with van der Waals surface area (Å²) in [6, 6.07) is 3.30. The highest BCUT2D eigenvalue weighted by atomic mass is 127. The van der Waals surface area contributed by atoms with Crippen molar-refractivity contribution < 1.29 is 5.11 Å². The Kier molecular flexibility index (Phi) is 3.28. The molecule has 1 rings (SSSR count). The summed E-state index contributed by atoms with van der Waals surface area (Å²) in [5.41, 5.74) is 0.860. The van der Waals surface area contributed by atoms with Crippen molar-refractivity contribution in [1.29, 1.82) is 0 Å². The molecule has 12 heavy (non-hydrogen) atoms. The number of hydrogen-bond donors (Lipinski definition) is 1. The van der Waals surface area contributed by atoms with Crippen LogP contribution in [-0.2, 0) is 6.54 Å². The van der Waals surface area contributed by atoms with Gasteiger partial charge in [0.15, 0.2) is 0 Å². The van der Waals surface area contributed by atoms with Crippen LogP contribution in [0.3, 0.4) is 0 Å². The van der Waals surface area contributed by atoms with Crippen LogP contribution < -0.4 is 5.56 Å².